The van der Waals surface area contributed by atoms with Crippen molar-refractivity contribution in [3.05, 3.63) is 39.9 Å². The van der Waals surface area contributed by atoms with Crippen molar-refractivity contribution in [3.8, 4) is 11.3 Å². The van der Waals surface area contributed by atoms with E-state index in [0.717, 1.165) is 32.0 Å². The van der Waals surface area contributed by atoms with Crippen molar-refractivity contribution in [2.24, 2.45) is 0 Å². The molecule has 0 unspecified atom stereocenters. The number of fused-ring (bicyclic) bond motifs is 1. The Morgan fingerprint density at radius 1 is 1.32 bits per heavy atom. The van der Waals surface area contributed by atoms with Crippen LogP contribution in [-0.2, 0) is 0 Å². The minimum Gasteiger partial charge on any atom is -0.373 e. The van der Waals surface area contributed by atoms with Crippen LogP contribution in [-0.4, -0.2) is 26.6 Å². The molecule has 0 radical (unpaired) electrons. The van der Waals surface area contributed by atoms with Gasteiger partial charge in [0, 0.05) is 18.8 Å². The van der Waals surface area contributed by atoms with Gasteiger partial charge in [-0.15, -0.1) is 0 Å². The van der Waals surface area contributed by atoms with Crippen molar-refractivity contribution >= 4 is 34.1 Å². The van der Waals surface area contributed by atoms with Gasteiger partial charge in [-0.3, -0.25) is 0 Å². The first-order valence-corrected chi connectivity index (χ1v) is 6.92. The Balaban J connectivity index is 2.09. The molecule has 3 rings (SSSR count). The molecule has 0 saturated carbocycles. The zero-order valence-electron chi connectivity index (χ0n) is 10.6. The van der Waals surface area contributed by atoms with Gasteiger partial charge in [-0.05, 0) is 53.3 Å². The number of imidazole rings is 1. The largest absolute Gasteiger partial charge is 0.373 e. The number of nitrogens with one attached hydrogen (secondary N) is 1. The Labute approximate surface area is 124 Å². The minimum absolute atomic E-state index is 0.844. The van der Waals surface area contributed by atoms with Crippen LogP contribution in [0.1, 0.15) is 5.56 Å². The molecule has 3 heterocycles. The summed E-state index contributed by atoms with van der Waals surface area (Å²) in [7, 11) is 1.85. The van der Waals surface area contributed by atoms with E-state index in [9.17, 15) is 0 Å². The summed E-state index contributed by atoms with van der Waals surface area (Å²) in [5.41, 5.74) is 3.85. The second-order valence-corrected chi connectivity index (χ2v) is 5.25. The molecule has 3 aromatic heterocycles. The number of halogens is 1. The van der Waals surface area contributed by atoms with Gasteiger partial charge in [0.2, 0.25) is 0 Å². The predicted octanol–water partition coefficient (Wildman–Crippen LogP) is 2.75. The van der Waals surface area contributed by atoms with Crippen molar-refractivity contribution in [3.63, 3.8) is 0 Å². The SMILES string of the molecule is CNc1ccc(-c2cn3nc(I)c(C)cc3n2)cn1. The molecule has 0 aromatic carbocycles. The van der Waals surface area contributed by atoms with Crippen LogP contribution in [0.25, 0.3) is 16.9 Å². The maximum Gasteiger partial charge on any atom is 0.154 e. The molecule has 0 spiro atoms. The van der Waals surface area contributed by atoms with Gasteiger partial charge in [0.05, 0.1) is 11.9 Å². The quantitative estimate of drug-likeness (QED) is 0.710. The highest BCUT2D eigenvalue weighted by Gasteiger charge is 2.07. The summed E-state index contributed by atoms with van der Waals surface area (Å²) in [5, 5.41) is 7.46. The summed E-state index contributed by atoms with van der Waals surface area (Å²) in [4.78, 5) is 8.87. The minimum atomic E-state index is 0.844. The molecular weight excluding hydrogens is 353 g/mol. The summed E-state index contributed by atoms with van der Waals surface area (Å²) in [6.07, 6.45) is 3.73. The highest BCUT2D eigenvalue weighted by atomic mass is 127. The van der Waals surface area contributed by atoms with Crippen LogP contribution in [0.15, 0.2) is 30.6 Å². The van der Waals surface area contributed by atoms with Crippen LogP contribution in [0.4, 0.5) is 5.82 Å². The Kier molecular flexibility index (Phi) is 3.09. The van der Waals surface area contributed by atoms with Crippen LogP contribution >= 0.6 is 22.6 Å². The molecular formula is C13H12IN5. The lowest BCUT2D eigenvalue weighted by molar-refractivity contribution is 0.903. The highest BCUT2D eigenvalue weighted by Crippen LogP contribution is 2.20. The molecule has 1 N–H and O–H groups in total. The van der Waals surface area contributed by atoms with Gasteiger partial charge in [0.15, 0.2) is 5.65 Å². The standard InChI is InChI=1S/C13H12IN5/c1-8-5-12-17-10(7-19(12)18-13(8)14)9-3-4-11(15-2)16-6-9/h3-7H,1-2H3,(H,15,16). The number of pyridine rings is 1. The maximum atomic E-state index is 4.58. The summed E-state index contributed by atoms with van der Waals surface area (Å²) in [6.45, 7) is 2.03. The second kappa shape index (κ2) is 4.76. The number of rotatable bonds is 2. The lowest BCUT2D eigenvalue weighted by atomic mass is 10.2. The molecule has 0 amide bonds. The first kappa shape index (κ1) is 12.3. The molecule has 6 heteroatoms. The zero-order valence-corrected chi connectivity index (χ0v) is 12.7. The van der Waals surface area contributed by atoms with Gasteiger partial charge >= 0.3 is 0 Å². The predicted molar refractivity (Wildman–Crippen MR) is 83.2 cm³/mol. The van der Waals surface area contributed by atoms with E-state index in [4.69, 9.17) is 0 Å². The van der Waals surface area contributed by atoms with Gasteiger partial charge < -0.3 is 5.32 Å². The molecule has 0 bridgehead atoms. The van der Waals surface area contributed by atoms with Crippen LogP contribution in [0.2, 0.25) is 0 Å². The van der Waals surface area contributed by atoms with Gasteiger partial charge in [-0.1, -0.05) is 0 Å². The third-order valence-corrected chi connectivity index (χ3v) is 3.96. The molecule has 0 aliphatic rings. The van der Waals surface area contributed by atoms with E-state index in [-0.39, 0.29) is 0 Å². The molecule has 0 atom stereocenters. The van der Waals surface area contributed by atoms with Crippen LogP contribution < -0.4 is 5.32 Å². The van der Waals surface area contributed by atoms with Crippen molar-refractivity contribution in [1.82, 2.24) is 19.6 Å². The molecule has 19 heavy (non-hydrogen) atoms. The normalized spacial score (nSPS) is 10.9. The first-order chi connectivity index (χ1) is 9.17. The van der Waals surface area contributed by atoms with E-state index < -0.39 is 0 Å². The Morgan fingerprint density at radius 2 is 2.16 bits per heavy atom. The summed E-state index contributed by atoms with van der Waals surface area (Å²) >= 11 is 2.23. The van der Waals surface area contributed by atoms with Gasteiger partial charge in [0.25, 0.3) is 0 Å². The molecule has 96 valence electrons. The van der Waals surface area contributed by atoms with Crippen LogP contribution in [0.5, 0.6) is 0 Å². The van der Waals surface area contributed by atoms with Crippen molar-refractivity contribution in [2.45, 2.75) is 6.92 Å². The van der Waals surface area contributed by atoms with E-state index in [1.165, 1.54) is 0 Å². The topological polar surface area (TPSA) is 55.1 Å². The van der Waals surface area contributed by atoms with Gasteiger partial charge in [-0.25, -0.2) is 14.5 Å². The number of aromatic nitrogens is 4. The fourth-order valence-corrected chi connectivity index (χ4v) is 2.21. The Bertz CT molecular complexity index is 694. The summed E-state index contributed by atoms with van der Waals surface area (Å²) in [5.74, 6) is 0.844. The number of nitrogens with zero attached hydrogens (tertiary/aromatic N) is 4. The smallest absolute Gasteiger partial charge is 0.154 e. The van der Waals surface area contributed by atoms with E-state index in [2.05, 4.69) is 43.0 Å². The number of aryl methyl sites for hydroxylation is 1. The number of hydrogen-bond acceptors (Lipinski definition) is 4. The number of hydrogen-bond donors (Lipinski definition) is 1. The van der Waals surface area contributed by atoms with E-state index in [0.29, 0.717) is 0 Å². The first-order valence-electron chi connectivity index (χ1n) is 5.84. The summed E-state index contributed by atoms with van der Waals surface area (Å²) in [6, 6.07) is 5.97. The van der Waals surface area contributed by atoms with Crippen molar-refractivity contribution in [2.75, 3.05) is 12.4 Å². The lowest BCUT2D eigenvalue weighted by Gasteiger charge is -1.99. The molecule has 0 fully saturated rings. The van der Waals surface area contributed by atoms with E-state index in [1.807, 2.05) is 44.6 Å². The third kappa shape index (κ3) is 2.27. The van der Waals surface area contributed by atoms with Gasteiger partial charge in [0.1, 0.15) is 9.52 Å². The van der Waals surface area contributed by atoms with Crippen LogP contribution in [0.3, 0.4) is 0 Å². The van der Waals surface area contributed by atoms with E-state index >= 15 is 0 Å². The van der Waals surface area contributed by atoms with Crippen molar-refractivity contribution < 1.29 is 0 Å². The zero-order chi connectivity index (χ0) is 13.4. The average molecular weight is 365 g/mol. The average Bonchev–Trinajstić information content (AvgIpc) is 2.82. The highest BCUT2D eigenvalue weighted by molar-refractivity contribution is 14.1. The maximum absolute atomic E-state index is 4.58. The molecule has 5 nitrogen and oxygen atoms in total. The van der Waals surface area contributed by atoms with E-state index in [1.54, 1.807) is 4.52 Å². The second-order valence-electron chi connectivity index (χ2n) is 4.23. The third-order valence-electron chi connectivity index (χ3n) is 2.90. The Hall–Kier alpha value is -1.70. The monoisotopic (exact) mass is 365 g/mol. The molecule has 0 saturated heterocycles. The fourth-order valence-electron chi connectivity index (χ4n) is 1.82. The number of anilines is 1. The summed E-state index contributed by atoms with van der Waals surface area (Å²) < 4.78 is 2.79. The van der Waals surface area contributed by atoms with Gasteiger partial charge in [-0.2, -0.15) is 5.10 Å². The van der Waals surface area contributed by atoms with Crippen molar-refractivity contribution in [1.29, 1.82) is 0 Å². The fraction of sp³-hybridized carbons (Fsp3) is 0.154. The molecule has 3 aromatic rings. The Morgan fingerprint density at radius 3 is 2.84 bits per heavy atom. The molecule has 0 aliphatic carbocycles. The lowest BCUT2D eigenvalue weighted by Crippen LogP contribution is -1.95. The van der Waals surface area contributed by atoms with Crippen LogP contribution in [0, 0.1) is 10.6 Å². The molecule has 0 aliphatic heterocycles.